The maximum atomic E-state index is 11.4. The second-order valence-electron chi connectivity index (χ2n) is 3.03. The Morgan fingerprint density at radius 1 is 1.31 bits per heavy atom. The Balaban J connectivity index is 2.40. The van der Waals surface area contributed by atoms with Gasteiger partial charge in [-0.3, -0.25) is 14.3 Å². The van der Waals surface area contributed by atoms with Gasteiger partial charge in [0.05, 0.1) is 11.0 Å². The van der Waals surface area contributed by atoms with Crippen molar-refractivity contribution in [3.8, 4) is 0 Å². The highest BCUT2D eigenvalue weighted by atomic mass is 79.9. The summed E-state index contributed by atoms with van der Waals surface area (Å²) in [4.78, 5) is 32.7. The van der Waals surface area contributed by atoms with Crippen molar-refractivity contribution >= 4 is 15.9 Å². The lowest BCUT2D eigenvalue weighted by Crippen LogP contribution is -2.30. The monoisotopic (exact) mass is 282 g/mol. The minimum absolute atomic E-state index is 0.217. The van der Waals surface area contributed by atoms with Gasteiger partial charge in [0, 0.05) is 18.6 Å². The number of hydrogen-bond donors (Lipinski definition) is 1. The van der Waals surface area contributed by atoms with Crippen LogP contribution in [0.4, 0.5) is 0 Å². The smallest absolute Gasteiger partial charge is 0.292 e. The number of halogens is 1. The van der Waals surface area contributed by atoms with E-state index in [-0.39, 0.29) is 6.54 Å². The molecule has 0 spiro atoms. The van der Waals surface area contributed by atoms with Crippen molar-refractivity contribution in [3.05, 3.63) is 55.8 Å². The van der Waals surface area contributed by atoms with E-state index in [1.807, 2.05) is 0 Å². The molecule has 0 fully saturated rings. The predicted molar refractivity (Wildman–Crippen MR) is 60.2 cm³/mol. The highest BCUT2D eigenvalue weighted by molar-refractivity contribution is 9.10. The van der Waals surface area contributed by atoms with E-state index in [9.17, 15) is 9.59 Å². The van der Waals surface area contributed by atoms with Gasteiger partial charge in [0.2, 0.25) is 0 Å². The van der Waals surface area contributed by atoms with Gasteiger partial charge in [-0.15, -0.1) is 0 Å². The molecule has 0 saturated carbocycles. The van der Waals surface area contributed by atoms with Crippen LogP contribution in [0.3, 0.4) is 0 Å². The Labute approximate surface area is 98.1 Å². The minimum atomic E-state index is -0.486. The molecule has 0 aliphatic carbocycles. The van der Waals surface area contributed by atoms with Crippen LogP contribution in [0.1, 0.15) is 5.82 Å². The molecule has 1 N–H and O–H groups in total. The van der Waals surface area contributed by atoms with Crippen molar-refractivity contribution in [1.29, 1.82) is 0 Å². The molecular weight excluding hydrogens is 276 g/mol. The lowest BCUT2D eigenvalue weighted by atomic mass is 10.5. The molecule has 0 aliphatic heterocycles. The maximum absolute atomic E-state index is 11.4. The molecule has 0 atom stereocenters. The van der Waals surface area contributed by atoms with Crippen LogP contribution in [0, 0.1) is 0 Å². The van der Waals surface area contributed by atoms with Crippen LogP contribution in [-0.4, -0.2) is 19.5 Å². The molecular formula is C9H7BrN4O2. The number of nitrogens with zero attached hydrogens (tertiary/aromatic N) is 3. The van der Waals surface area contributed by atoms with E-state index in [2.05, 4.69) is 30.9 Å². The van der Waals surface area contributed by atoms with Crippen molar-refractivity contribution in [2.24, 2.45) is 0 Å². The summed E-state index contributed by atoms with van der Waals surface area (Å²) in [6.45, 7) is 0.217. The zero-order chi connectivity index (χ0) is 11.5. The third-order valence-corrected chi connectivity index (χ3v) is 2.46. The third kappa shape index (κ3) is 2.25. The van der Waals surface area contributed by atoms with Gasteiger partial charge in [-0.05, 0) is 22.0 Å². The molecule has 2 aromatic rings. The van der Waals surface area contributed by atoms with Crippen LogP contribution in [0.25, 0.3) is 0 Å². The summed E-state index contributed by atoms with van der Waals surface area (Å²) in [7, 11) is 0. The van der Waals surface area contributed by atoms with E-state index in [1.54, 1.807) is 18.5 Å². The average molecular weight is 283 g/mol. The van der Waals surface area contributed by atoms with E-state index >= 15 is 0 Å². The van der Waals surface area contributed by atoms with E-state index < -0.39 is 11.2 Å². The largest absolute Gasteiger partial charge is 0.328 e. The molecule has 0 unspecified atom stereocenters. The van der Waals surface area contributed by atoms with Gasteiger partial charge in [-0.25, -0.2) is 14.8 Å². The zero-order valence-electron chi connectivity index (χ0n) is 8.05. The highest BCUT2D eigenvalue weighted by Crippen LogP contribution is 1.99. The lowest BCUT2D eigenvalue weighted by Gasteiger charge is -2.03. The van der Waals surface area contributed by atoms with Gasteiger partial charge in [0.15, 0.2) is 0 Å². The molecule has 0 aliphatic rings. The van der Waals surface area contributed by atoms with E-state index in [4.69, 9.17) is 0 Å². The predicted octanol–water partition coefficient (Wildman–Crippen LogP) is 0.137. The molecule has 0 radical (unpaired) electrons. The molecule has 0 aromatic carbocycles. The van der Waals surface area contributed by atoms with Crippen LogP contribution in [-0.2, 0) is 6.54 Å². The van der Waals surface area contributed by atoms with Gasteiger partial charge >= 0.3 is 5.69 Å². The number of rotatable bonds is 2. The van der Waals surface area contributed by atoms with E-state index in [0.29, 0.717) is 10.3 Å². The molecule has 0 amide bonds. The standard InChI is InChI=1S/C9H7BrN4O2/c10-6-4-14(9(16)13-8(6)15)5-7-11-2-1-3-12-7/h1-4H,5H2,(H,13,15,16). The topological polar surface area (TPSA) is 80.6 Å². The second kappa shape index (κ2) is 4.40. The van der Waals surface area contributed by atoms with Crippen LogP contribution >= 0.6 is 15.9 Å². The Morgan fingerprint density at radius 3 is 2.69 bits per heavy atom. The minimum Gasteiger partial charge on any atom is -0.292 e. The van der Waals surface area contributed by atoms with Gasteiger partial charge in [-0.1, -0.05) is 0 Å². The summed E-state index contributed by atoms with van der Waals surface area (Å²) in [6.07, 6.45) is 4.60. The van der Waals surface area contributed by atoms with Gasteiger partial charge < -0.3 is 0 Å². The van der Waals surface area contributed by atoms with Crippen molar-refractivity contribution < 1.29 is 0 Å². The summed E-state index contributed by atoms with van der Waals surface area (Å²) in [5, 5.41) is 0. The first-order valence-corrected chi connectivity index (χ1v) is 5.21. The third-order valence-electron chi connectivity index (χ3n) is 1.90. The Hall–Kier alpha value is -1.76. The van der Waals surface area contributed by atoms with Gasteiger partial charge in [0.25, 0.3) is 5.56 Å². The summed E-state index contributed by atoms with van der Waals surface area (Å²) < 4.78 is 1.61. The van der Waals surface area contributed by atoms with Crippen molar-refractivity contribution in [2.45, 2.75) is 6.54 Å². The first-order chi connectivity index (χ1) is 7.66. The number of aromatic nitrogens is 4. The van der Waals surface area contributed by atoms with Crippen LogP contribution in [0.2, 0.25) is 0 Å². The first kappa shape index (κ1) is 10.7. The van der Waals surface area contributed by atoms with Gasteiger partial charge in [-0.2, -0.15) is 0 Å². The van der Waals surface area contributed by atoms with Crippen LogP contribution < -0.4 is 11.2 Å². The fraction of sp³-hybridized carbons (Fsp3) is 0.111. The SMILES string of the molecule is O=c1[nH]c(=O)n(Cc2ncccn2)cc1Br. The summed E-state index contributed by atoms with van der Waals surface area (Å²) in [5.74, 6) is 0.503. The Morgan fingerprint density at radius 2 is 2.00 bits per heavy atom. The van der Waals surface area contributed by atoms with Gasteiger partial charge in [0.1, 0.15) is 5.82 Å². The number of hydrogen-bond acceptors (Lipinski definition) is 4. The Kier molecular flexibility index (Phi) is 2.95. The van der Waals surface area contributed by atoms with Crippen molar-refractivity contribution in [1.82, 2.24) is 19.5 Å². The van der Waals surface area contributed by atoms with Crippen LogP contribution in [0.5, 0.6) is 0 Å². The number of aromatic amines is 1. The van der Waals surface area contributed by atoms with E-state index in [1.165, 1.54) is 10.8 Å². The summed E-state index contributed by atoms with van der Waals surface area (Å²) in [5.41, 5.74) is -0.934. The fourth-order valence-electron chi connectivity index (χ4n) is 1.16. The van der Waals surface area contributed by atoms with Crippen molar-refractivity contribution in [3.63, 3.8) is 0 Å². The fourth-order valence-corrected chi connectivity index (χ4v) is 1.51. The molecule has 6 nitrogen and oxygen atoms in total. The lowest BCUT2D eigenvalue weighted by molar-refractivity contribution is 0.682. The normalized spacial score (nSPS) is 10.3. The molecule has 2 rings (SSSR count). The zero-order valence-corrected chi connectivity index (χ0v) is 9.64. The molecule has 7 heteroatoms. The van der Waals surface area contributed by atoms with Crippen LogP contribution in [0.15, 0.2) is 38.7 Å². The van der Waals surface area contributed by atoms with Crippen molar-refractivity contribution in [2.75, 3.05) is 0 Å². The number of nitrogens with one attached hydrogen (secondary N) is 1. The second-order valence-corrected chi connectivity index (χ2v) is 3.88. The Bertz CT molecular complexity index is 605. The molecule has 2 heterocycles. The maximum Gasteiger partial charge on any atom is 0.328 e. The van der Waals surface area contributed by atoms with E-state index in [0.717, 1.165) is 0 Å². The first-order valence-electron chi connectivity index (χ1n) is 4.42. The molecule has 16 heavy (non-hydrogen) atoms. The molecule has 82 valence electrons. The molecule has 0 saturated heterocycles. The number of H-pyrrole nitrogens is 1. The summed E-state index contributed by atoms with van der Waals surface area (Å²) >= 11 is 3.05. The molecule has 2 aromatic heterocycles. The summed E-state index contributed by atoms with van der Waals surface area (Å²) in [6, 6.07) is 1.69. The quantitative estimate of drug-likeness (QED) is 0.850. The molecule has 0 bridgehead atoms. The highest BCUT2D eigenvalue weighted by Gasteiger charge is 2.03. The average Bonchev–Trinajstić information content (AvgIpc) is 2.27.